The number of aromatic nitrogens is 3. The molecule has 15 heteroatoms. The van der Waals surface area contributed by atoms with Gasteiger partial charge in [0.15, 0.2) is 22.8 Å². The molecule has 5 N–H and O–H groups in total. The highest BCUT2D eigenvalue weighted by Gasteiger charge is 2.35. The van der Waals surface area contributed by atoms with Crippen LogP contribution in [0, 0.1) is 12.7 Å². The van der Waals surface area contributed by atoms with Crippen LogP contribution in [0.2, 0.25) is 0 Å². The predicted octanol–water partition coefficient (Wildman–Crippen LogP) is 4.95. The molecule has 0 bridgehead atoms. The number of carboxylic acids is 1. The molecule has 0 spiro atoms. The van der Waals surface area contributed by atoms with Gasteiger partial charge in [0.2, 0.25) is 0 Å². The second kappa shape index (κ2) is 15.3. The van der Waals surface area contributed by atoms with E-state index in [0.29, 0.717) is 36.4 Å². The van der Waals surface area contributed by atoms with Crippen LogP contribution in [0.4, 0.5) is 10.1 Å². The first kappa shape index (κ1) is 38.1. The maximum atomic E-state index is 13.9. The third-order valence-corrected chi connectivity index (χ3v) is 7.87. The van der Waals surface area contributed by atoms with Crippen molar-refractivity contribution in [2.45, 2.75) is 59.2 Å². The van der Waals surface area contributed by atoms with Crippen LogP contribution >= 0.6 is 12.4 Å². The fourth-order valence-electron chi connectivity index (χ4n) is 5.39. The summed E-state index contributed by atoms with van der Waals surface area (Å²) in [5, 5.41) is 18.7. The van der Waals surface area contributed by atoms with Crippen LogP contribution < -0.4 is 21.1 Å². The molecule has 2 amide bonds. The molecule has 2 aromatic heterocycles. The van der Waals surface area contributed by atoms with Crippen LogP contribution in [0.25, 0.3) is 5.65 Å². The summed E-state index contributed by atoms with van der Waals surface area (Å²) in [4.78, 5) is 51.9. The summed E-state index contributed by atoms with van der Waals surface area (Å²) in [5.41, 5.74) is 8.44. The topological polar surface area (TPSA) is 187 Å². The standard InChI is InChI=1S/C22H19FN4O5.C11H14N2O2.CH4.ClH/c1-3-8-32-22(31)13-4-5-14-12(11(13)2)6-7-16(14)26-20(28)18-9-17(21(29)30)25-19-15(23)10-24-27(18)19;1-11(2)10(14)13-8-5-7(6-12)3-4-9(8)15-11;;/h3-5,9-10,16H,1,6-8H2,2H3,(H,26,28)(H,29,30);3-5H,6,12H2,1-2H3,(H,13,14);1H4;1H/t16-;;;/m0.../s1. The number of halogens is 2. The van der Waals surface area contributed by atoms with Crippen molar-refractivity contribution in [3.63, 3.8) is 0 Å². The molecule has 0 radical (unpaired) electrons. The van der Waals surface area contributed by atoms with E-state index in [4.69, 9.17) is 15.2 Å². The number of nitrogens with zero attached hydrogens (tertiary/aromatic N) is 3. The largest absolute Gasteiger partial charge is 0.477 e. The van der Waals surface area contributed by atoms with Gasteiger partial charge in [0, 0.05) is 12.6 Å². The zero-order chi connectivity index (χ0) is 34.0. The number of amides is 2. The number of fused-ring (bicyclic) bond motifs is 3. The normalized spacial score (nSPS) is 15.0. The maximum absolute atomic E-state index is 13.9. The summed E-state index contributed by atoms with van der Waals surface area (Å²) < 4.78 is 25.6. The highest BCUT2D eigenvalue weighted by molar-refractivity contribution is 6.00. The molecule has 0 fully saturated rings. The minimum Gasteiger partial charge on any atom is -0.477 e. The van der Waals surface area contributed by atoms with Crippen LogP contribution in [-0.2, 0) is 22.5 Å². The van der Waals surface area contributed by atoms with Gasteiger partial charge in [-0.1, -0.05) is 32.2 Å². The minimum absolute atomic E-state index is 0. The average molecular weight is 697 g/mol. The van der Waals surface area contributed by atoms with E-state index in [1.807, 2.05) is 25.1 Å². The molecule has 2 aliphatic rings. The van der Waals surface area contributed by atoms with Crippen molar-refractivity contribution < 1.29 is 38.1 Å². The Balaban J connectivity index is 0.000000322. The number of carbonyl (C=O) groups is 4. The average Bonchev–Trinajstić information content (AvgIpc) is 3.63. The Hall–Kier alpha value is -5.34. The molecule has 1 atom stereocenters. The summed E-state index contributed by atoms with van der Waals surface area (Å²) >= 11 is 0. The van der Waals surface area contributed by atoms with E-state index < -0.39 is 35.0 Å². The summed E-state index contributed by atoms with van der Waals surface area (Å²) in [6.07, 6.45) is 3.58. The molecule has 6 rings (SSSR count). The second-order valence-corrected chi connectivity index (χ2v) is 11.4. The number of hydrogen-bond donors (Lipinski definition) is 4. The summed E-state index contributed by atoms with van der Waals surface area (Å²) in [7, 11) is 0. The van der Waals surface area contributed by atoms with Crippen LogP contribution in [0.15, 0.2) is 55.3 Å². The number of benzene rings is 2. The van der Waals surface area contributed by atoms with E-state index in [9.17, 15) is 28.7 Å². The first-order valence-electron chi connectivity index (χ1n) is 14.7. The quantitative estimate of drug-likeness (QED) is 0.152. The molecule has 2 aromatic carbocycles. The molecule has 1 aliphatic heterocycles. The Morgan fingerprint density at radius 1 is 1.27 bits per heavy atom. The number of carboxylic acid groups (broad SMARTS) is 1. The number of rotatable bonds is 7. The lowest BCUT2D eigenvalue weighted by atomic mass is 9.98. The van der Waals surface area contributed by atoms with Crippen LogP contribution in [0.3, 0.4) is 0 Å². The molecule has 0 unspecified atom stereocenters. The highest BCUT2D eigenvalue weighted by atomic mass is 35.5. The van der Waals surface area contributed by atoms with Gasteiger partial charge < -0.3 is 30.9 Å². The van der Waals surface area contributed by atoms with E-state index in [1.165, 1.54) is 6.08 Å². The summed E-state index contributed by atoms with van der Waals surface area (Å²) in [6.45, 7) is 9.39. The monoisotopic (exact) mass is 696 g/mol. The van der Waals surface area contributed by atoms with Crippen molar-refractivity contribution in [1.29, 1.82) is 0 Å². The third kappa shape index (κ3) is 7.71. The highest BCUT2D eigenvalue weighted by Crippen LogP contribution is 2.36. The molecule has 1 aliphatic carbocycles. The number of nitrogens with one attached hydrogen (secondary N) is 2. The lowest BCUT2D eigenvalue weighted by Crippen LogP contribution is -2.45. The molecule has 0 saturated carbocycles. The molecular formula is C34H38ClFN6O7. The second-order valence-electron chi connectivity index (χ2n) is 11.4. The van der Waals surface area contributed by atoms with Gasteiger partial charge >= 0.3 is 11.9 Å². The number of hydrogen-bond acceptors (Lipinski definition) is 9. The van der Waals surface area contributed by atoms with Gasteiger partial charge in [-0.3, -0.25) is 9.59 Å². The van der Waals surface area contributed by atoms with Gasteiger partial charge in [0.1, 0.15) is 18.1 Å². The first-order chi connectivity index (χ1) is 22.3. The smallest absolute Gasteiger partial charge is 0.354 e. The maximum Gasteiger partial charge on any atom is 0.354 e. The summed E-state index contributed by atoms with van der Waals surface area (Å²) in [6, 6.07) is 9.67. The zero-order valence-electron chi connectivity index (χ0n) is 26.3. The zero-order valence-corrected chi connectivity index (χ0v) is 27.2. The first-order valence-corrected chi connectivity index (χ1v) is 14.7. The molecule has 3 heterocycles. The van der Waals surface area contributed by atoms with Crippen molar-refractivity contribution >= 4 is 47.5 Å². The van der Waals surface area contributed by atoms with Crippen molar-refractivity contribution in [1.82, 2.24) is 19.9 Å². The SMILES string of the molecule is C.C=CCOC(=O)c1ccc2c(c1C)CC[C@@H]2NC(=O)c1cc(C(=O)O)nc2c(F)cnn12.CC1(C)Oc2ccc(CN)cc2NC1=O.Cl. The minimum atomic E-state index is -1.39. The van der Waals surface area contributed by atoms with Gasteiger partial charge in [-0.15, -0.1) is 12.4 Å². The summed E-state index contributed by atoms with van der Waals surface area (Å²) in [5.74, 6) is -2.73. The van der Waals surface area contributed by atoms with Gasteiger partial charge in [0.05, 0.1) is 23.5 Å². The van der Waals surface area contributed by atoms with Crippen molar-refractivity contribution in [3.05, 3.63) is 100 Å². The van der Waals surface area contributed by atoms with E-state index in [2.05, 4.69) is 27.3 Å². The molecular weight excluding hydrogens is 659 g/mol. The molecule has 260 valence electrons. The lowest BCUT2D eigenvalue weighted by molar-refractivity contribution is -0.129. The Morgan fingerprint density at radius 2 is 2.00 bits per heavy atom. The van der Waals surface area contributed by atoms with E-state index in [0.717, 1.165) is 39.0 Å². The van der Waals surface area contributed by atoms with Gasteiger partial charge in [-0.25, -0.2) is 23.5 Å². The predicted molar refractivity (Wildman–Crippen MR) is 182 cm³/mol. The Labute approximate surface area is 288 Å². The molecule has 4 aromatic rings. The molecule has 49 heavy (non-hydrogen) atoms. The molecule has 13 nitrogen and oxygen atoms in total. The Kier molecular flexibility index (Phi) is 11.9. The van der Waals surface area contributed by atoms with Crippen molar-refractivity contribution in [3.8, 4) is 5.75 Å². The van der Waals surface area contributed by atoms with E-state index in [-0.39, 0.29) is 49.7 Å². The molecule has 0 saturated heterocycles. The number of anilines is 1. The lowest BCUT2D eigenvalue weighted by Gasteiger charge is -2.31. The fourth-order valence-corrected chi connectivity index (χ4v) is 5.39. The van der Waals surface area contributed by atoms with E-state index in [1.54, 1.807) is 26.0 Å². The Morgan fingerprint density at radius 3 is 2.67 bits per heavy atom. The third-order valence-electron chi connectivity index (χ3n) is 7.87. The van der Waals surface area contributed by atoms with Crippen LogP contribution in [0.5, 0.6) is 5.75 Å². The number of aromatic carboxylic acids is 1. The van der Waals surface area contributed by atoms with Gasteiger partial charge in [-0.2, -0.15) is 5.10 Å². The van der Waals surface area contributed by atoms with Crippen molar-refractivity contribution in [2.75, 3.05) is 11.9 Å². The van der Waals surface area contributed by atoms with E-state index >= 15 is 0 Å². The number of carbonyl (C=O) groups excluding carboxylic acids is 3. The number of ether oxygens (including phenoxy) is 2. The van der Waals surface area contributed by atoms with Crippen LogP contribution in [0.1, 0.15) is 87.3 Å². The number of nitrogens with two attached hydrogens (primary N) is 1. The van der Waals surface area contributed by atoms with Crippen molar-refractivity contribution in [2.24, 2.45) is 5.73 Å². The van der Waals surface area contributed by atoms with Gasteiger partial charge in [0.25, 0.3) is 11.8 Å². The van der Waals surface area contributed by atoms with Crippen LogP contribution in [-0.4, -0.2) is 55.7 Å². The Bertz CT molecular complexity index is 1940. The number of esters is 1. The fraction of sp³-hybridized carbons (Fsp3) is 0.294. The van der Waals surface area contributed by atoms with Gasteiger partial charge in [-0.05, 0) is 74.1 Å².